The highest BCUT2D eigenvalue weighted by molar-refractivity contribution is 5.82. The average Bonchev–Trinajstić information content (AvgIpc) is 2.32. The van der Waals surface area contributed by atoms with Gasteiger partial charge in [-0.2, -0.15) is 0 Å². The lowest BCUT2D eigenvalue weighted by molar-refractivity contribution is -0.139. The Morgan fingerprint density at radius 3 is 2.61 bits per heavy atom. The monoisotopic (exact) mass is 260 g/mol. The first-order valence-corrected chi connectivity index (χ1v) is 6.25. The fourth-order valence-corrected chi connectivity index (χ4v) is 1.61. The second-order valence-electron chi connectivity index (χ2n) is 4.18. The van der Waals surface area contributed by atoms with E-state index >= 15 is 0 Å². The maximum Gasteiger partial charge on any atom is 0.317 e. The van der Waals surface area contributed by atoms with Crippen molar-refractivity contribution in [1.82, 2.24) is 10.2 Å². The summed E-state index contributed by atoms with van der Waals surface area (Å²) in [5.74, 6) is -1.05. The van der Waals surface area contributed by atoms with E-state index in [1.807, 2.05) is 6.92 Å². The maximum absolute atomic E-state index is 11.8. The van der Waals surface area contributed by atoms with E-state index in [1.54, 1.807) is 18.9 Å². The van der Waals surface area contributed by atoms with Crippen LogP contribution in [0.1, 0.15) is 26.7 Å². The Morgan fingerprint density at radius 2 is 2.11 bits per heavy atom. The zero-order valence-electron chi connectivity index (χ0n) is 11.4. The SMILES string of the molecule is CCCN(CC(=O)O)C(C)C(=O)NCCCOC. The number of ether oxygens (including phenoxy) is 1. The first kappa shape index (κ1) is 16.9. The van der Waals surface area contributed by atoms with Crippen molar-refractivity contribution in [2.24, 2.45) is 0 Å². The van der Waals surface area contributed by atoms with Gasteiger partial charge < -0.3 is 15.2 Å². The number of carbonyl (C=O) groups excluding carboxylic acids is 1. The predicted molar refractivity (Wildman–Crippen MR) is 68.5 cm³/mol. The van der Waals surface area contributed by atoms with Gasteiger partial charge in [-0.05, 0) is 26.3 Å². The molecule has 0 aliphatic heterocycles. The zero-order valence-corrected chi connectivity index (χ0v) is 11.4. The molecule has 2 N–H and O–H groups in total. The lowest BCUT2D eigenvalue weighted by atomic mass is 10.2. The Balaban J connectivity index is 4.15. The highest BCUT2D eigenvalue weighted by Crippen LogP contribution is 2.01. The molecule has 0 bridgehead atoms. The van der Waals surface area contributed by atoms with E-state index in [4.69, 9.17) is 9.84 Å². The van der Waals surface area contributed by atoms with Crippen LogP contribution < -0.4 is 5.32 Å². The number of aliphatic carboxylic acids is 1. The van der Waals surface area contributed by atoms with Crippen LogP contribution in [-0.4, -0.2) is 61.3 Å². The van der Waals surface area contributed by atoms with Crippen LogP contribution in [0.4, 0.5) is 0 Å². The van der Waals surface area contributed by atoms with Crippen LogP contribution in [0.2, 0.25) is 0 Å². The molecule has 0 saturated heterocycles. The van der Waals surface area contributed by atoms with Crippen LogP contribution in [0, 0.1) is 0 Å². The molecule has 0 rings (SSSR count). The van der Waals surface area contributed by atoms with E-state index in [0.29, 0.717) is 19.7 Å². The van der Waals surface area contributed by atoms with Crippen molar-refractivity contribution in [3.05, 3.63) is 0 Å². The summed E-state index contributed by atoms with van der Waals surface area (Å²) in [6, 6.07) is -0.427. The van der Waals surface area contributed by atoms with E-state index in [-0.39, 0.29) is 12.5 Å². The van der Waals surface area contributed by atoms with Crippen molar-refractivity contribution < 1.29 is 19.4 Å². The zero-order chi connectivity index (χ0) is 14.0. The molecule has 1 amide bonds. The van der Waals surface area contributed by atoms with Gasteiger partial charge in [-0.15, -0.1) is 0 Å². The summed E-state index contributed by atoms with van der Waals surface area (Å²) >= 11 is 0. The van der Waals surface area contributed by atoms with E-state index in [9.17, 15) is 9.59 Å². The number of methoxy groups -OCH3 is 1. The Hall–Kier alpha value is -1.14. The lowest BCUT2D eigenvalue weighted by Crippen LogP contribution is -2.47. The minimum absolute atomic E-state index is 0.111. The number of carboxylic acid groups (broad SMARTS) is 1. The second-order valence-corrected chi connectivity index (χ2v) is 4.18. The molecule has 0 aromatic heterocycles. The molecule has 0 aliphatic carbocycles. The number of hydrogen-bond acceptors (Lipinski definition) is 4. The molecular weight excluding hydrogens is 236 g/mol. The second kappa shape index (κ2) is 9.85. The molecule has 106 valence electrons. The van der Waals surface area contributed by atoms with Crippen LogP contribution in [0.3, 0.4) is 0 Å². The molecule has 18 heavy (non-hydrogen) atoms. The van der Waals surface area contributed by atoms with Gasteiger partial charge in [-0.1, -0.05) is 6.92 Å². The van der Waals surface area contributed by atoms with E-state index in [2.05, 4.69) is 5.32 Å². The number of carboxylic acids is 1. The van der Waals surface area contributed by atoms with Gasteiger partial charge in [0, 0.05) is 20.3 Å². The van der Waals surface area contributed by atoms with Crippen molar-refractivity contribution in [2.75, 3.05) is 33.4 Å². The summed E-state index contributed by atoms with van der Waals surface area (Å²) < 4.78 is 4.88. The Kier molecular flexibility index (Phi) is 9.22. The number of rotatable bonds is 10. The molecule has 0 fully saturated rings. The van der Waals surface area contributed by atoms with E-state index < -0.39 is 12.0 Å². The third-order valence-electron chi connectivity index (χ3n) is 2.60. The molecule has 6 nitrogen and oxygen atoms in total. The Labute approximate surface area is 108 Å². The van der Waals surface area contributed by atoms with Crippen LogP contribution in [0.5, 0.6) is 0 Å². The maximum atomic E-state index is 11.8. The minimum Gasteiger partial charge on any atom is -0.480 e. The standard InChI is InChI=1S/C12H24N2O4/c1-4-7-14(9-11(15)16)10(2)12(17)13-6-5-8-18-3/h10H,4-9H2,1-3H3,(H,13,17)(H,15,16). The Morgan fingerprint density at radius 1 is 1.44 bits per heavy atom. The summed E-state index contributed by atoms with van der Waals surface area (Å²) in [5.41, 5.74) is 0. The largest absolute Gasteiger partial charge is 0.480 e. The summed E-state index contributed by atoms with van der Waals surface area (Å²) in [7, 11) is 1.61. The third kappa shape index (κ3) is 7.24. The first-order valence-electron chi connectivity index (χ1n) is 6.25. The molecule has 6 heteroatoms. The fourth-order valence-electron chi connectivity index (χ4n) is 1.61. The van der Waals surface area contributed by atoms with Crippen molar-refractivity contribution >= 4 is 11.9 Å². The molecule has 1 unspecified atom stereocenters. The van der Waals surface area contributed by atoms with Gasteiger partial charge in [-0.3, -0.25) is 14.5 Å². The molecule has 0 heterocycles. The molecule has 0 radical (unpaired) electrons. The quantitative estimate of drug-likeness (QED) is 0.553. The molecule has 0 saturated carbocycles. The van der Waals surface area contributed by atoms with Gasteiger partial charge in [-0.25, -0.2) is 0 Å². The summed E-state index contributed by atoms with van der Waals surface area (Å²) in [5, 5.41) is 11.6. The van der Waals surface area contributed by atoms with Crippen molar-refractivity contribution in [3.63, 3.8) is 0 Å². The van der Waals surface area contributed by atoms with Crippen LogP contribution >= 0.6 is 0 Å². The van der Waals surface area contributed by atoms with Gasteiger partial charge in [0.15, 0.2) is 0 Å². The topological polar surface area (TPSA) is 78.9 Å². The predicted octanol–water partition coefficient (Wildman–Crippen LogP) is 0.324. The minimum atomic E-state index is -0.914. The van der Waals surface area contributed by atoms with Crippen molar-refractivity contribution in [3.8, 4) is 0 Å². The van der Waals surface area contributed by atoms with Gasteiger partial charge in [0.2, 0.25) is 5.91 Å². The van der Waals surface area contributed by atoms with E-state index in [1.165, 1.54) is 0 Å². The third-order valence-corrected chi connectivity index (χ3v) is 2.60. The molecular formula is C12H24N2O4. The van der Waals surface area contributed by atoms with Crippen LogP contribution in [0.15, 0.2) is 0 Å². The highest BCUT2D eigenvalue weighted by atomic mass is 16.5. The van der Waals surface area contributed by atoms with Gasteiger partial charge >= 0.3 is 5.97 Å². The number of amides is 1. The fraction of sp³-hybridized carbons (Fsp3) is 0.833. The van der Waals surface area contributed by atoms with Crippen molar-refractivity contribution in [1.29, 1.82) is 0 Å². The summed E-state index contributed by atoms with van der Waals surface area (Å²) in [4.78, 5) is 24.2. The van der Waals surface area contributed by atoms with Crippen LogP contribution in [0.25, 0.3) is 0 Å². The molecule has 0 aliphatic rings. The molecule has 0 spiro atoms. The smallest absolute Gasteiger partial charge is 0.317 e. The molecule has 0 aromatic rings. The number of carbonyl (C=O) groups is 2. The van der Waals surface area contributed by atoms with Gasteiger partial charge in [0.25, 0.3) is 0 Å². The van der Waals surface area contributed by atoms with E-state index in [0.717, 1.165) is 12.8 Å². The summed E-state index contributed by atoms with van der Waals surface area (Å²) in [6.07, 6.45) is 1.57. The lowest BCUT2D eigenvalue weighted by Gasteiger charge is -2.26. The number of nitrogens with one attached hydrogen (secondary N) is 1. The van der Waals surface area contributed by atoms with Crippen LogP contribution in [-0.2, 0) is 14.3 Å². The highest BCUT2D eigenvalue weighted by Gasteiger charge is 2.22. The molecule has 1 atom stereocenters. The normalized spacial score (nSPS) is 12.4. The number of nitrogens with zero attached hydrogens (tertiary/aromatic N) is 1. The molecule has 0 aromatic carbocycles. The Bertz CT molecular complexity index is 258. The average molecular weight is 260 g/mol. The number of hydrogen-bond donors (Lipinski definition) is 2. The van der Waals surface area contributed by atoms with Gasteiger partial charge in [0.1, 0.15) is 0 Å². The summed E-state index contributed by atoms with van der Waals surface area (Å²) in [6.45, 7) is 5.31. The van der Waals surface area contributed by atoms with Gasteiger partial charge in [0.05, 0.1) is 12.6 Å². The van der Waals surface area contributed by atoms with Crippen molar-refractivity contribution in [2.45, 2.75) is 32.7 Å². The first-order chi connectivity index (χ1) is 8.52.